The summed E-state index contributed by atoms with van der Waals surface area (Å²) < 4.78 is 7.73. The maximum Gasteiger partial charge on any atom is 0.165 e. The van der Waals surface area contributed by atoms with Crippen LogP contribution in [0.5, 0.6) is 11.5 Å². The molecule has 1 aromatic heterocycles. The van der Waals surface area contributed by atoms with Crippen molar-refractivity contribution in [2.45, 2.75) is 39.8 Å². The van der Waals surface area contributed by atoms with Gasteiger partial charge < -0.3 is 10.5 Å². The maximum absolute atomic E-state index is 5.89. The van der Waals surface area contributed by atoms with E-state index in [9.17, 15) is 0 Å². The first kappa shape index (κ1) is 13.6. The van der Waals surface area contributed by atoms with Crippen LogP contribution >= 0.6 is 0 Å². The van der Waals surface area contributed by atoms with Crippen LogP contribution in [-0.2, 0) is 13.0 Å². The highest BCUT2D eigenvalue weighted by Gasteiger charge is 2.06. The average molecular weight is 259 g/mol. The Morgan fingerprint density at radius 1 is 1.42 bits per heavy atom. The molecule has 0 amide bonds. The van der Waals surface area contributed by atoms with Crippen LogP contribution in [0, 0.1) is 6.92 Å². The summed E-state index contributed by atoms with van der Waals surface area (Å²) >= 11 is 0. The zero-order chi connectivity index (χ0) is 13.8. The van der Waals surface area contributed by atoms with E-state index in [1.807, 2.05) is 31.6 Å². The molecule has 1 unspecified atom stereocenters. The number of ether oxygens (including phenoxy) is 1. The Morgan fingerprint density at radius 2 is 2.21 bits per heavy atom. The van der Waals surface area contributed by atoms with Gasteiger partial charge in [0.25, 0.3) is 0 Å². The lowest BCUT2D eigenvalue weighted by atomic mass is 10.1. The second-order valence-corrected chi connectivity index (χ2v) is 4.92. The van der Waals surface area contributed by atoms with E-state index in [-0.39, 0.29) is 6.04 Å². The molecule has 1 aromatic carbocycles. The van der Waals surface area contributed by atoms with Crippen molar-refractivity contribution in [3.63, 3.8) is 0 Å². The Bertz CT molecular complexity index is 546. The second-order valence-electron chi connectivity index (χ2n) is 4.92. The first-order valence-corrected chi connectivity index (χ1v) is 6.64. The molecule has 0 aliphatic carbocycles. The van der Waals surface area contributed by atoms with E-state index in [0.29, 0.717) is 0 Å². The zero-order valence-electron chi connectivity index (χ0n) is 11.8. The van der Waals surface area contributed by atoms with Crippen LogP contribution in [0.4, 0.5) is 0 Å². The van der Waals surface area contributed by atoms with Crippen molar-refractivity contribution in [1.29, 1.82) is 0 Å². The van der Waals surface area contributed by atoms with E-state index in [4.69, 9.17) is 10.5 Å². The van der Waals surface area contributed by atoms with Crippen molar-refractivity contribution in [3.05, 3.63) is 41.7 Å². The number of nitrogens with zero attached hydrogens (tertiary/aromatic N) is 2. The van der Waals surface area contributed by atoms with Gasteiger partial charge in [-0.25, -0.2) is 0 Å². The van der Waals surface area contributed by atoms with Gasteiger partial charge in [-0.3, -0.25) is 4.68 Å². The van der Waals surface area contributed by atoms with Crippen molar-refractivity contribution < 1.29 is 4.74 Å². The van der Waals surface area contributed by atoms with Crippen molar-refractivity contribution in [3.8, 4) is 11.5 Å². The van der Waals surface area contributed by atoms with Crippen molar-refractivity contribution >= 4 is 0 Å². The molecule has 1 atom stereocenters. The molecule has 0 aliphatic rings. The summed E-state index contributed by atoms with van der Waals surface area (Å²) in [4.78, 5) is 0. The number of rotatable bonds is 5. The van der Waals surface area contributed by atoms with Crippen LogP contribution in [0.2, 0.25) is 0 Å². The van der Waals surface area contributed by atoms with Crippen LogP contribution in [0.25, 0.3) is 0 Å². The highest BCUT2D eigenvalue weighted by molar-refractivity contribution is 5.39. The fourth-order valence-corrected chi connectivity index (χ4v) is 1.95. The lowest BCUT2D eigenvalue weighted by Gasteiger charge is -2.10. The molecule has 2 rings (SSSR count). The zero-order valence-corrected chi connectivity index (χ0v) is 11.8. The third-order valence-corrected chi connectivity index (χ3v) is 2.97. The molecule has 4 heteroatoms. The Morgan fingerprint density at radius 3 is 2.84 bits per heavy atom. The predicted octanol–water partition coefficient (Wildman–Crippen LogP) is 2.89. The molecule has 0 saturated carbocycles. The monoisotopic (exact) mass is 259 g/mol. The molecule has 0 saturated heterocycles. The van der Waals surface area contributed by atoms with Gasteiger partial charge in [-0.1, -0.05) is 12.1 Å². The number of hydrogen-bond acceptors (Lipinski definition) is 3. The third-order valence-electron chi connectivity index (χ3n) is 2.97. The minimum atomic E-state index is 0.151. The van der Waals surface area contributed by atoms with E-state index in [0.717, 1.165) is 30.0 Å². The van der Waals surface area contributed by atoms with Crippen LogP contribution in [-0.4, -0.2) is 15.8 Å². The summed E-state index contributed by atoms with van der Waals surface area (Å²) in [7, 11) is 0. The van der Waals surface area contributed by atoms with Gasteiger partial charge in [0.15, 0.2) is 5.75 Å². The molecule has 2 N–H and O–H groups in total. The maximum atomic E-state index is 5.89. The molecule has 0 aliphatic heterocycles. The molecule has 0 spiro atoms. The lowest BCUT2D eigenvalue weighted by molar-refractivity contribution is 0.476. The minimum Gasteiger partial charge on any atom is -0.454 e. The molecule has 4 nitrogen and oxygen atoms in total. The summed E-state index contributed by atoms with van der Waals surface area (Å²) in [6.45, 7) is 6.93. The van der Waals surface area contributed by atoms with Crippen LogP contribution in [0.15, 0.2) is 30.6 Å². The summed E-state index contributed by atoms with van der Waals surface area (Å²) in [6, 6.07) is 6.37. The Kier molecular flexibility index (Phi) is 4.22. The fourth-order valence-electron chi connectivity index (χ4n) is 1.95. The Balaban J connectivity index is 2.18. The molecule has 0 bridgehead atoms. The van der Waals surface area contributed by atoms with E-state index in [2.05, 4.69) is 23.3 Å². The van der Waals surface area contributed by atoms with Gasteiger partial charge in [0.05, 0.1) is 12.4 Å². The van der Waals surface area contributed by atoms with Gasteiger partial charge in [-0.05, 0) is 44.4 Å². The highest BCUT2D eigenvalue weighted by Crippen LogP contribution is 2.26. The number of aromatic nitrogens is 2. The SMILES string of the molecule is CCn1cc(Oc2cc(CC(C)N)ccc2C)cn1. The molecule has 0 fully saturated rings. The van der Waals surface area contributed by atoms with Gasteiger partial charge in [-0.15, -0.1) is 0 Å². The van der Waals surface area contributed by atoms with Gasteiger partial charge >= 0.3 is 0 Å². The fraction of sp³-hybridized carbons (Fsp3) is 0.400. The quantitative estimate of drug-likeness (QED) is 0.898. The van der Waals surface area contributed by atoms with Gasteiger partial charge in [0.1, 0.15) is 5.75 Å². The third kappa shape index (κ3) is 3.58. The van der Waals surface area contributed by atoms with Crippen molar-refractivity contribution in [2.24, 2.45) is 5.73 Å². The summed E-state index contributed by atoms with van der Waals surface area (Å²) in [5, 5.41) is 4.20. The van der Waals surface area contributed by atoms with Crippen molar-refractivity contribution in [2.75, 3.05) is 0 Å². The first-order valence-electron chi connectivity index (χ1n) is 6.64. The Labute approximate surface area is 114 Å². The van der Waals surface area contributed by atoms with Gasteiger partial charge in [0, 0.05) is 12.6 Å². The highest BCUT2D eigenvalue weighted by atomic mass is 16.5. The van der Waals surface area contributed by atoms with E-state index in [1.54, 1.807) is 6.20 Å². The average Bonchev–Trinajstić information content (AvgIpc) is 2.80. The van der Waals surface area contributed by atoms with E-state index < -0.39 is 0 Å². The van der Waals surface area contributed by atoms with Gasteiger partial charge in [-0.2, -0.15) is 5.10 Å². The minimum absolute atomic E-state index is 0.151. The summed E-state index contributed by atoms with van der Waals surface area (Å²) in [5.74, 6) is 1.64. The van der Waals surface area contributed by atoms with Gasteiger partial charge in [0.2, 0.25) is 0 Å². The number of nitrogens with two attached hydrogens (primary N) is 1. The van der Waals surface area contributed by atoms with Crippen LogP contribution in [0.3, 0.4) is 0 Å². The molecular formula is C15H21N3O. The summed E-state index contributed by atoms with van der Waals surface area (Å²) in [5.41, 5.74) is 8.13. The Hall–Kier alpha value is -1.81. The van der Waals surface area contributed by atoms with E-state index >= 15 is 0 Å². The number of hydrogen-bond donors (Lipinski definition) is 1. The first-order chi connectivity index (χ1) is 9.08. The standard InChI is InChI=1S/C15H21N3O/c1-4-18-10-14(9-17-18)19-15-8-13(7-12(3)16)6-5-11(15)2/h5-6,8-10,12H,4,7,16H2,1-3H3. The largest absolute Gasteiger partial charge is 0.454 e. The topological polar surface area (TPSA) is 53.1 Å². The normalized spacial score (nSPS) is 12.4. The smallest absolute Gasteiger partial charge is 0.165 e. The van der Waals surface area contributed by atoms with E-state index in [1.165, 1.54) is 5.56 Å². The van der Waals surface area contributed by atoms with Crippen LogP contribution in [0.1, 0.15) is 25.0 Å². The molecule has 19 heavy (non-hydrogen) atoms. The second kappa shape index (κ2) is 5.89. The molecular weight excluding hydrogens is 238 g/mol. The van der Waals surface area contributed by atoms with Crippen LogP contribution < -0.4 is 10.5 Å². The summed E-state index contributed by atoms with van der Waals surface area (Å²) in [6.07, 6.45) is 4.49. The number of benzene rings is 1. The lowest BCUT2D eigenvalue weighted by Crippen LogP contribution is -2.17. The predicted molar refractivity (Wildman–Crippen MR) is 76.5 cm³/mol. The number of aryl methyl sites for hydroxylation is 2. The van der Waals surface area contributed by atoms with Crippen molar-refractivity contribution in [1.82, 2.24) is 9.78 Å². The molecule has 1 heterocycles. The molecule has 0 radical (unpaired) electrons. The molecule has 102 valence electrons. The molecule has 2 aromatic rings.